The number of carbonyl (C=O) groups excluding carboxylic acids is 1. The van der Waals surface area contributed by atoms with E-state index < -0.39 is 6.43 Å². The summed E-state index contributed by atoms with van der Waals surface area (Å²) in [5.74, 6) is 0. The van der Waals surface area contributed by atoms with Crippen molar-refractivity contribution in [3.05, 3.63) is 26.6 Å². The summed E-state index contributed by atoms with van der Waals surface area (Å²) < 4.78 is 25.1. The van der Waals surface area contributed by atoms with Crippen molar-refractivity contribution in [1.29, 1.82) is 0 Å². The van der Waals surface area contributed by atoms with Crippen molar-refractivity contribution in [3.8, 4) is 0 Å². The van der Waals surface area contributed by atoms with Gasteiger partial charge >= 0.3 is 0 Å². The van der Waals surface area contributed by atoms with E-state index >= 15 is 0 Å². The summed E-state index contributed by atoms with van der Waals surface area (Å²) in [4.78, 5) is 14.1. The Morgan fingerprint density at radius 3 is 2.71 bits per heavy atom. The first kappa shape index (κ1) is 11.4. The highest BCUT2D eigenvalue weighted by atomic mass is 127. The molecule has 0 fully saturated rings. The Balaban J connectivity index is 3.34. The van der Waals surface area contributed by atoms with E-state index in [0.29, 0.717) is 15.4 Å². The van der Waals surface area contributed by atoms with E-state index in [1.54, 1.807) is 22.6 Å². The van der Waals surface area contributed by atoms with Crippen LogP contribution >= 0.6 is 22.6 Å². The molecule has 3 nitrogen and oxygen atoms in total. The van der Waals surface area contributed by atoms with Crippen molar-refractivity contribution in [2.45, 2.75) is 13.0 Å². The topological polar surface area (TPSA) is 56.0 Å². The van der Waals surface area contributed by atoms with Gasteiger partial charge < -0.3 is 5.73 Å². The van der Waals surface area contributed by atoms with E-state index in [0.717, 1.165) is 6.20 Å². The molecule has 0 atom stereocenters. The normalized spacial score (nSPS) is 10.6. The molecule has 76 valence electrons. The van der Waals surface area contributed by atoms with Crippen molar-refractivity contribution in [2.24, 2.45) is 5.73 Å². The number of aldehydes is 1. The minimum absolute atomic E-state index is 0.0277. The SMILES string of the molecule is NCc1c(C=O)ncc(C(F)F)c1I. The van der Waals surface area contributed by atoms with Crippen LogP contribution in [0, 0.1) is 3.57 Å². The van der Waals surface area contributed by atoms with Gasteiger partial charge in [-0.3, -0.25) is 9.78 Å². The molecule has 1 aromatic rings. The third kappa shape index (κ3) is 2.06. The molecule has 0 radical (unpaired) electrons. The molecule has 1 aromatic heterocycles. The van der Waals surface area contributed by atoms with Gasteiger partial charge in [0.1, 0.15) is 5.69 Å². The summed E-state index contributed by atoms with van der Waals surface area (Å²) in [6.07, 6.45) is -1.07. The molecule has 14 heavy (non-hydrogen) atoms. The van der Waals surface area contributed by atoms with Crippen LogP contribution in [0.4, 0.5) is 8.78 Å². The Kier molecular flexibility index (Phi) is 3.87. The monoisotopic (exact) mass is 312 g/mol. The molecule has 6 heteroatoms. The maximum absolute atomic E-state index is 12.4. The fraction of sp³-hybridized carbons (Fsp3) is 0.250. The lowest BCUT2D eigenvalue weighted by atomic mass is 10.1. The molecule has 0 bridgehead atoms. The van der Waals surface area contributed by atoms with Gasteiger partial charge in [-0.05, 0) is 22.6 Å². The number of hydrogen-bond donors (Lipinski definition) is 1. The van der Waals surface area contributed by atoms with Crippen LogP contribution in [-0.4, -0.2) is 11.3 Å². The van der Waals surface area contributed by atoms with Gasteiger partial charge in [0.25, 0.3) is 6.43 Å². The fourth-order valence-corrected chi connectivity index (χ4v) is 1.88. The number of nitrogens with two attached hydrogens (primary N) is 1. The second-order valence-corrected chi connectivity index (χ2v) is 3.59. The standard InChI is InChI=1S/C8H7F2IN2O/c9-8(10)5-2-13-6(3-14)4(1-12)7(5)11/h2-3,8H,1,12H2. The Bertz CT molecular complexity index is 357. The van der Waals surface area contributed by atoms with Crippen molar-refractivity contribution < 1.29 is 13.6 Å². The number of carbonyl (C=O) groups is 1. The van der Waals surface area contributed by atoms with Gasteiger partial charge in [-0.15, -0.1) is 0 Å². The second kappa shape index (κ2) is 4.74. The molecular weight excluding hydrogens is 305 g/mol. The summed E-state index contributed by atoms with van der Waals surface area (Å²) in [7, 11) is 0. The van der Waals surface area contributed by atoms with Crippen molar-refractivity contribution in [3.63, 3.8) is 0 Å². The zero-order valence-electron chi connectivity index (χ0n) is 7.01. The summed E-state index contributed by atoms with van der Waals surface area (Å²) in [5, 5.41) is 0. The van der Waals surface area contributed by atoms with Gasteiger partial charge in [-0.25, -0.2) is 8.78 Å². The maximum atomic E-state index is 12.4. The Hall–Kier alpha value is -0.630. The molecule has 0 aromatic carbocycles. The number of aromatic nitrogens is 1. The molecule has 0 spiro atoms. The second-order valence-electron chi connectivity index (χ2n) is 2.51. The first-order valence-electron chi connectivity index (χ1n) is 3.72. The van der Waals surface area contributed by atoms with Gasteiger partial charge in [0.15, 0.2) is 6.29 Å². The highest BCUT2D eigenvalue weighted by molar-refractivity contribution is 14.1. The van der Waals surface area contributed by atoms with E-state index in [2.05, 4.69) is 4.98 Å². The third-order valence-corrected chi connectivity index (χ3v) is 3.00. The van der Waals surface area contributed by atoms with Gasteiger partial charge in [0.05, 0.1) is 0 Å². The lowest BCUT2D eigenvalue weighted by Crippen LogP contribution is -2.08. The highest BCUT2D eigenvalue weighted by Crippen LogP contribution is 2.26. The molecule has 1 rings (SSSR count). The zero-order valence-corrected chi connectivity index (χ0v) is 9.16. The minimum Gasteiger partial charge on any atom is -0.326 e. The van der Waals surface area contributed by atoms with E-state index in [1.165, 1.54) is 0 Å². The summed E-state index contributed by atoms with van der Waals surface area (Å²) >= 11 is 1.75. The van der Waals surface area contributed by atoms with Gasteiger partial charge in [0, 0.05) is 27.4 Å². The van der Waals surface area contributed by atoms with Crippen molar-refractivity contribution in [1.82, 2.24) is 4.98 Å². The fourth-order valence-electron chi connectivity index (χ4n) is 1.01. The van der Waals surface area contributed by atoms with Gasteiger partial charge in [-0.1, -0.05) is 0 Å². The summed E-state index contributed by atoms with van der Waals surface area (Å²) in [5.41, 5.74) is 5.66. The number of nitrogens with zero attached hydrogens (tertiary/aromatic N) is 1. The first-order valence-corrected chi connectivity index (χ1v) is 4.80. The van der Waals surface area contributed by atoms with E-state index in [1.807, 2.05) is 0 Å². The summed E-state index contributed by atoms with van der Waals surface area (Å²) in [6.45, 7) is 0.0277. The van der Waals surface area contributed by atoms with Crippen LogP contribution < -0.4 is 5.73 Å². The number of alkyl halides is 2. The molecule has 0 aliphatic carbocycles. The number of hydrogen-bond acceptors (Lipinski definition) is 3. The Morgan fingerprint density at radius 1 is 1.64 bits per heavy atom. The number of halogens is 3. The van der Waals surface area contributed by atoms with Crippen LogP contribution in [0.25, 0.3) is 0 Å². The molecular formula is C8H7F2IN2O. The number of pyridine rings is 1. The quantitative estimate of drug-likeness (QED) is 0.685. The summed E-state index contributed by atoms with van der Waals surface area (Å²) in [6, 6.07) is 0. The Labute approximate surface area is 92.8 Å². The first-order chi connectivity index (χ1) is 6.61. The smallest absolute Gasteiger partial charge is 0.266 e. The molecule has 0 aliphatic heterocycles. The largest absolute Gasteiger partial charge is 0.326 e. The molecule has 0 unspecified atom stereocenters. The number of rotatable bonds is 3. The molecule has 0 saturated carbocycles. The minimum atomic E-state index is -2.60. The highest BCUT2D eigenvalue weighted by Gasteiger charge is 2.17. The molecule has 0 saturated heterocycles. The van der Waals surface area contributed by atoms with Crippen LogP contribution in [0.1, 0.15) is 28.0 Å². The maximum Gasteiger partial charge on any atom is 0.266 e. The predicted molar refractivity (Wildman–Crippen MR) is 55.2 cm³/mol. The lowest BCUT2D eigenvalue weighted by Gasteiger charge is -2.08. The van der Waals surface area contributed by atoms with Crippen LogP contribution in [0.3, 0.4) is 0 Å². The average molecular weight is 312 g/mol. The van der Waals surface area contributed by atoms with Gasteiger partial charge in [0.2, 0.25) is 0 Å². The predicted octanol–water partition coefficient (Wildman–Crippen LogP) is 1.89. The van der Waals surface area contributed by atoms with Crippen LogP contribution in [0.5, 0.6) is 0 Å². The Morgan fingerprint density at radius 2 is 2.29 bits per heavy atom. The van der Waals surface area contributed by atoms with Gasteiger partial charge in [-0.2, -0.15) is 0 Å². The molecule has 2 N–H and O–H groups in total. The van der Waals surface area contributed by atoms with Crippen LogP contribution in [-0.2, 0) is 6.54 Å². The van der Waals surface area contributed by atoms with Crippen molar-refractivity contribution in [2.75, 3.05) is 0 Å². The third-order valence-electron chi connectivity index (χ3n) is 1.72. The lowest BCUT2D eigenvalue weighted by molar-refractivity contribution is 0.111. The van der Waals surface area contributed by atoms with E-state index in [9.17, 15) is 13.6 Å². The molecule has 0 amide bonds. The van der Waals surface area contributed by atoms with Crippen LogP contribution in [0.2, 0.25) is 0 Å². The van der Waals surface area contributed by atoms with E-state index in [4.69, 9.17) is 5.73 Å². The average Bonchev–Trinajstić information content (AvgIpc) is 2.16. The molecule has 0 aliphatic rings. The van der Waals surface area contributed by atoms with Crippen molar-refractivity contribution >= 4 is 28.9 Å². The molecule has 1 heterocycles. The zero-order chi connectivity index (χ0) is 10.7. The van der Waals surface area contributed by atoms with Crippen LogP contribution in [0.15, 0.2) is 6.20 Å². The van der Waals surface area contributed by atoms with E-state index in [-0.39, 0.29) is 17.8 Å².